The molecule has 5 rings (SSSR count). The van der Waals surface area contributed by atoms with E-state index >= 15 is 0 Å². The van der Waals surface area contributed by atoms with Crippen molar-refractivity contribution in [2.45, 2.75) is 25.1 Å². The lowest BCUT2D eigenvalue weighted by molar-refractivity contribution is 0.0423. The van der Waals surface area contributed by atoms with Gasteiger partial charge in [0.25, 0.3) is 5.91 Å². The van der Waals surface area contributed by atoms with Crippen molar-refractivity contribution in [3.8, 4) is 10.6 Å². The number of nitrogens with zero attached hydrogens (tertiary/aromatic N) is 2. The van der Waals surface area contributed by atoms with Crippen LogP contribution in [-0.2, 0) is 4.74 Å². The zero-order valence-electron chi connectivity index (χ0n) is 15.7. The van der Waals surface area contributed by atoms with Crippen LogP contribution in [0.1, 0.15) is 35.1 Å². The molecular weight excluding hydrogens is 389 g/mol. The van der Waals surface area contributed by atoms with Gasteiger partial charge in [0.1, 0.15) is 17.0 Å². The van der Waals surface area contributed by atoms with Gasteiger partial charge in [-0.1, -0.05) is 12.1 Å². The summed E-state index contributed by atoms with van der Waals surface area (Å²) in [4.78, 5) is 19.9. The largest absolute Gasteiger partial charge is 0.376 e. The summed E-state index contributed by atoms with van der Waals surface area (Å²) in [6, 6.07) is 13.8. The molecule has 2 aromatic carbocycles. The molecule has 1 N–H and O–H groups in total. The number of amides is 1. The fourth-order valence-corrected chi connectivity index (χ4v) is 4.70. The van der Waals surface area contributed by atoms with Crippen LogP contribution >= 0.6 is 11.3 Å². The molecule has 7 heteroatoms. The third-order valence-electron chi connectivity index (χ3n) is 5.34. The summed E-state index contributed by atoms with van der Waals surface area (Å²) in [6.07, 6.45) is 1.65. The molecule has 0 radical (unpaired) electrons. The van der Waals surface area contributed by atoms with E-state index in [4.69, 9.17) is 9.72 Å². The highest BCUT2D eigenvalue weighted by molar-refractivity contribution is 7.13. The molecule has 1 aromatic heterocycles. The molecule has 0 aliphatic carbocycles. The Hall–Kier alpha value is -2.77. The van der Waals surface area contributed by atoms with E-state index in [9.17, 15) is 9.18 Å². The first-order valence-corrected chi connectivity index (χ1v) is 10.6. The molecule has 2 aliphatic rings. The standard InChI is InChI=1S/C22H20FN3O2S/c23-15-9-7-14(8-10-15)21-25-19(13-29-21)20-24-18-6-2-1-5-17(18)22(27)26(20)12-16-4-3-11-28-16/h1-2,5-10,13,16,20,24H,3-4,11-12H2/t16-,20+/m0/s1. The number of para-hydroxylation sites is 1. The van der Waals surface area contributed by atoms with Crippen LogP contribution in [0.15, 0.2) is 53.9 Å². The maximum Gasteiger partial charge on any atom is 0.257 e. The Bertz CT molecular complexity index is 1030. The molecule has 148 valence electrons. The zero-order chi connectivity index (χ0) is 19.8. The predicted octanol–water partition coefficient (Wildman–Crippen LogP) is 4.69. The fraction of sp³-hybridized carbons (Fsp3) is 0.273. The summed E-state index contributed by atoms with van der Waals surface area (Å²) in [5.74, 6) is -0.291. The van der Waals surface area contributed by atoms with E-state index in [1.807, 2.05) is 34.5 Å². The number of fused-ring (bicyclic) bond motifs is 1. The lowest BCUT2D eigenvalue weighted by atomic mass is 10.1. The third-order valence-corrected chi connectivity index (χ3v) is 6.25. The number of hydrogen-bond donors (Lipinski definition) is 1. The van der Waals surface area contributed by atoms with E-state index in [1.54, 1.807) is 12.1 Å². The van der Waals surface area contributed by atoms with Crippen LogP contribution < -0.4 is 5.32 Å². The second-order valence-corrected chi connectivity index (χ2v) is 8.13. The number of hydrogen-bond acceptors (Lipinski definition) is 5. The van der Waals surface area contributed by atoms with Gasteiger partial charge >= 0.3 is 0 Å². The predicted molar refractivity (Wildman–Crippen MR) is 110 cm³/mol. The zero-order valence-corrected chi connectivity index (χ0v) is 16.5. The van der Waals surface area contributed by atoms with Gasteiger partial charge in [0.05, 0.1) is 17.4 Å². The van der Waals surface area contributed by atoms with Crippen LogP contribution in [0.4, 0.5) is 10.1 Å². The van der Waals surface area contributed by atoms with E-state index in [1.165, 1.54) is 23.5 Å². The van der Waals surface area contributed by atoms with Crippen molar-refractivity contribution in [2.24, 2.45) is 0 Å². The number of nitrogens with one attached hydrogen (secondary N) is 1. The minimum absolute atomic E-state index is 0.0174. The summed E-state index contributed by atoms with van der Waals surface area (Å²) in [6.45, 7) is 1.26. The van der Waals surface area contributed by atoms with E-state index in [0.29, 0.717) is 12.1 Å². The molecule has 3 heterocycles. The first-order chi connectivity index (χ1) is 14.2. The minimum Gasteiger partial charge on any atom is -0.376 e. The monoisotopic (exact) mass is 409 g/mol. The first kappa shape index (κ1) is 18.3. The molecule has 1 fully saturated rings. The average Bonchev–Trinajstić information content (AvgIpc) is 3.43. The number of ether oxygens (including phenoxy) is 1. The van der Waals surface area contributed by atoms with Crippen molar-refractivity contribution < 1.29 is 13.9 Å². The molecule has 1 amide bonds. The van der Waals surface area contributed by atoms with Crippen molar-refractivity contribution in [3.63, 3.8) is 0 Å². The molecule has 0 bridgehead atoms. The van der Waals surface area contributed by atoms with Crippen LogP contribution in [-0.4, -0.2) is 35.0 Å². The fourth-order valence-electron chi connectivity index (χ4n) is 3.86. The minimum atomic E-state index is -0.368. The molecular formula is C22H20FN3O2S. The van der Waals surface area contributed by atoms with Gasteiger partial charge in [-0.15, -0.1) is 11.3 Å². The van der Waals surface area contributed by atoms with Crippen LogP contribution in [0.2, 0.25) is 0 Å². The summed E-state index contributed by atoms with van der Waals surface area (Å²) >= 11 is 1.49. The highest BCUT2D eigenvalue weighted by Gasteiger charge is 2.36. The lowest BCUT2D eigenvalue weighted by Crippen LogP contribution is -2.46. The van der Waals surface area contributed by atoms with Crippen molar-refractivity contribution in [1.82, 2.24) is 9.88 Å². The summed E-state index contributed by atoms with van der Waals surface area (Å²) in [5, 5.41) is 6.23. The highest BCUT2D eigenvalue weighted by Crippen LogP contribution is 2.36. The molecule has 5 nitrogen and oxygen atoms in total. The molecule has 3 aromatic rings. The van der Waals surface area contributed by atoms with Crippen molar-refractivity contribution in [1.29, 1.82) is 0 Å². The molecule has 0 unspecified atom stereocenters. The number of anilines is 1. The van der Waals surface area contributed by atoms with E-state index < -0.39 is 0 Å². The van der Waals surface area contributed by atoms with Gasteiger partial charge in [0, 0.05) is 29.8 Å². The smallest absolute Gasteiger partial charge is 0.257 e. The Labute approximate surface area is 172 Å². The van der Waals surface area contributed by atoms with Gasteiger partial charge < -0.3 is 15.0 Å². The Balaban J connectivity index is 1.49. The Kier molecular flexibility index (Phi) is 4.77. The van der Waals surface area contributed by atoms with Crippen LogP contribution in [0.25, 0.3) is 10.6 Å². The number of halogens is 1. The number of carbonyl (C=O) groups excluding carboxylic acids is 1. The Morgan fingerprint density at radius 2 is 2.03 bits per heavy atom. The first-order valence-electron chi connectivity index (χ1n) is 9.68. The number of benzene rings is 2. The molecule has 2 aliphatic heterocycles. The topological polar surface area (TPSA) is 54.5 Å². The maximum atomic E-state index is 13.3. The van der Waals surface area contributed by atoms with Gasteiger partial charge in [-0.3, -0.25) is 4.79 Å². The Morgan fingerprint density at radius 3 is 2.83 bits per heavy atom. The summed E-state index contributed by atoms with van der Waals surface area (Å²) in [5.41, 5.74) is 3.10. The Morgan fingerprint density at radius 1 is 1.21 bits per heavy atom. The molecule has 1 saturated heterocycles. The summed E-state index contributed by atoms with van der Waals surface area (Å²) < 4.78 is 19.0. The maximum absolute atomic E-state index is 13.3. The molecule has 29 heavy (non-hydrogen) atoms. The summed E-state index contributed by atoms with van der Waals surface area (Å²) in [7, 11) is 0. The SMILES string of the molecule is O=C1c2ccccc2N[C@@H](c2csc(-c3ccc(F)cc3)n2)N1C[C@@H]1CCCO1. The normalized spacial score (nSPS) is 21.1. The molecule has 2 atom stereocenters. The van der Waals surface area contributed by atoms with Crippen LogP contribution in [0.3, 0.4) is 0 Å². The van der Waals surface area contributed by atoms with Crippen LogP contribution in [0.5, 0.6) is 0 Å². The van der Waals surface area contributed by atoms with Gasteiger partial charge in [0.15, 0.2) is 0 Å². The van der Waals surface area contributed by atoms with Gasteiger partial charge in [-0.25, -0.2) is 9.37 Å². The molecule has 0 saturated carbocycles. The van der Waals surface area contributed by atoms with E-state index in [2.05, 4.69) is 5.32 Å². The van der Waals surface area contributed by atoms with E-state index in [-0.39, 0.29) is 24.0 Å². The second-order valence-electron chi connectivity index (χ2n) is 7.27. The van der Waals surface area contributed by atoms with Gasteiger partial charge in [0.2, 0.25) is 0 Å². The van der Waals surface area contributed by atoms with Crippen LogP contribution in [0, 0.1) is 5.82 Å². The van der Waals surface area contributed by atoms with Crippen molar-refractivity contribution >= 4 is 22.9 Å². The quantitative estimate of drug-likeness (QED) is 0.679. The lowest BCUT2D eigenvalue weighted by Gasteiger charge is -2.38. The average molecular weight is 409 g/mol. The van der Waals surface area contributed by atoms with Gasteiger partial charge in [-0.2, -0.15) is 0 Å². The second kappa shape index (κ2) is 7.57. The number of carbonyl (C=O) groups is 1. The highest BCUT2D eigenvalue weighted by atomic mass is 32.1. The number of rotatable bonds is 4. The van der Waals surface area contributed by atoms with E-state index in [0.717, 1.165) is 41.4 Å². The van der Waals surface area contributed by atoms with Crippen molar-refractivity contribution in [3.05, 3.63) is 71.0 Å². The molecule has 0 spiro atoms. The number of thiazole rings is 1. The van der Waals surface area contributed by atoms with Crippen molar-refractivity contribution in [2.75, 3.05) is 18.5 Å². The van der Waals surface area contributed by atoms with Gasteiger partial charge in [-0.05, 0) is 49.2 Å². The number of aromatic nitrogens is 1. The third kappa shape index (κ3) is 3.52.